The topological polar surface area (TPSA) is 136 Å². The second kappa shape index (κ2) is 14.4. The lowest BCUT2D eigenvalue weighted by Gasteiger charge is -2.40. The molecule has 3 heterocycles. The molecule has 3 aromatic rings. The van der Waals surface area contributed by atoms with E-state index in [-0.39, 0.29) is 22.8 Å². The van der Waals surface area contributed by atoms with Gasteiger partial charge in [-0.15, -0.1) is 0 Å². The molecule has 1 unspecified atom stereocenters. The summed E-state index contributed by atoms with van der Waals surface area (Å²) in [4.78, 5) is 51.1. The maximum Gasteiger partial charge on any atom is 0.490 e. The fourth-order valence-electron chi connectivity index (χ4n) is 5.64. The number of nitrogens with one attached hydrogen (secondary N) is 2. The molecule has 0 radical (unpaired) electrons. The van der Waals surface area contributed by atoms with Crippen LogP contribution in [-0.2, 0) is 22.4 Å². The molecule has 2 fully saturated rings. The Labute approximate surface area is 266 Å². The molecule has 0 saturated carbocycles. The minimum Gasteiger partial charge on any atom is -0.475 e. The van der Waals surface area contributed by atoms with Gasteiger partial charge in [-0.05, 0) is 80.6 Å². The van der Waals surface area contributed by atoms with Crippen LogP contribution < -0.4 is 10.9 Å². The van der Waals surface area contributed by atoms with Crippen LogP contribution in [0.15, 0.2) is 47.3 Å². The Morgan fingerprint density at radius 2 is 1.53 bits per heavy atom. The number of halogens is 5. The van der Waals surface area contributed by atoms with Gasteiger partial charge in [0, 0.05) is 38.2 Å². The van der Waals surface area contributed by atoms with E-state index in [1.165, 1.54) is 24.3 Å². The van der Waals surface area contributed by atoms with E-state index in [1.807, 2.05) is 6.92 Å². The zero-order chi connectivity index (χ0) is 34.5. The number of amides is 2. The summed E-state index contributed by atoms with van der Waals surface area (Å²) >= 11 is 0. The van der Waals surface area contributed by atoms with Gasteiger partial charge in [-0.25, -0.2) is 18.7 Å². The van der Waals surface area contributed by atoms with E-state index in [0.717, 1.165) is 24.1 Å². The molecule has 2 amide bonds. The first-order chi connectivity index (χ1) is 22.1. The van der Waals surface area contributed by atoms with Crippen LogP contribution in [0.2, 0.25) is 0 Å². The number of alkyl halides is 3. The minimum absolute atomic E-state index is 0.0198. The van der Waals surface area contributed by atoms with E-state index in [4.69, 9.17) is 9.90 Å². The van der Waals surface area contributed by atoms with E-state index >= 15 is 0 Å². The standard InChI is InChI=1S/C30H33F2N5O3.C2HF3O2/c1-19-20(2)27(38)35-34-26(19)17-22-6-9-25(32)24(16-22)28(39)36-12-14-37(15-13-36)29(40)30(10-3-11-33-30)18-21-4-7-23(31)8-5-21;3-2(4,5)1(6)7/h4-9,16,33H,3,10-15,17-18H2,1-2H3,(H,35,38);(H,6,7). The average molecular weight is 664 g/mol. The summed E-state index contributed by atoms with van der Waals surface area (Å²) in [5.74, 6) is -4.12. The average Bonchev–Trinajstić information content (AvgIpc) is 3.52. The molecule has 0 aliphatic carbocycles. The van der Waals surface area contributed by atoms with E-state index < -0.39 is 29.4 Å². The van der Waals surface area contributed by atoms with Gasteiger partial charge in [-0.1, -0.05) is 18.2 Å². The Hall–Kier alpha value is -4.66. The molecule has 252 valence electrons. The van der Waals surface area contributed by atoms with Crippen molar-refractivity contribution in [1.82, 2.24) is 25.3 Å². The lowest BCUT2D eigenvalue weighted by molar-refractivity contribution is -0.192. The lowest BCUT2D eigenvalue weighted by atomic mass is 9.87. The Morgan fingerprint density at radius 1 is 0.936 bits per heavy atom. The van der Waals surface area contributed by atoms with Gasteiger partial charge in [0.2, 0.25) is 5.91 Å². The van der Waals surface area contributed by atoms with Gasteiger partial charge in [0.1, 0.15) is 17.2 Å². The van der Waals surface area contributed by atoms with Crippen molar-refractivity contribution in [2.75, 3.05) is 32.7 Å². The van der Waals surface area contributed by atoms with Crippen LogP contribution in [0.3, 0.4) is 0 Å². The number of benzene rings is 2. The highest BCUT2D eigenvalue weighted by molar-refractivity contribution is 5.95. The second-order valence-corrected chi connectivity index (χ2v) is 11.5. The van der Waals surface area contributed by atoms with Crippen LogP contribution in [0, 0.1) is 25.5 Å². The Kier molecular flexibility index (Phi) is 10.8. The zero-order valence-corrected chi connectivity index (χ0v) is 25.7. The smallest absolute Gasteiger partial charge is 0.475 e. The molecular weight excluding hydrogens is 629 g/mol. The Balaban J connectivity index is 0.000000644. The molecule has 1 aromatic heterocycles. The summed E-state index contributed by atoms with van der Waals surface area (Å²) in [7, 11) is 0. The monoisotopic (exact) mass is 663 g/mol. The number of aromatic amines is 1. The molecule has 5 rings (SSSR count). The van der Waals surface area contributed by atoms with Crippen LogP contribution in [0.1, 0.15) is 51.1 Å². The van der Waals surface area contributed by atoms with Crippen molar-refractivity contribution >= 4 is 17.8 Å². The number of carbonyl (C=O) groups is 3. The number of hydrogen-bond donors (Lipinski definition) is 3. The van der Waals surface area contributed by atoms with E-state index in [9.17, 15) is 36.3 Å². The third kappa shape index (κ3) is 8.39. The van der Waals surface area contributed by atoms with Crippen LogP contribution in [0.4, 0.5) is 22.0 Å². The van der Waals surface area contributed by atoms with Crippen LogP contribution in [-0.4, -0.2) is 87.3 Å². The molecule has 0 bridgehead atoms. The molecule has 2 aromatic carbocycles. The highest BCUT2D eigenvalue weighted by Crippen LogP contribution is 2.28. The number of aliphatic carboxylic acids is 1. The number of carboxylic acid groups (broad SMARTS) is 1. The number of carbonyl (C=O) groups excluding carboxylic acids is 2. The van der Waals surface area contributed by atoms with Gasteiger partial charge < -0.3 is 20.2 Å². The van der Waals surface area contributed by atoms with Crippen LogP contribution in [0.25, 0.3) is 0 Å². The van der Waals surface area contributed by atoms with E-state index in [2.05, 4.69) is 15.5 Å². The number of hydrogen-bond acceptors (Lipinski definition) is 6. The van der Waals surface area contributed by atoms with Crippen molar-refractivity contribution in [3.05, 3.63) is 98.0 Å². The van der Waals surface area contributed by atoms with Gasteiger partial charge in [-0.3, -0.25) is 14.4 Å². The zero-order valence-electron chi connectivity index (χ0n) is 25.7. The number of aromatic nitrogens is 2. The molecule has 0 spiro atoms. The SMILES string of the molecule is Cc1c(Cc2ccc(F)c(C(=O)N3CCN(C(=O)C4(Cc5ccc(F)cc5)CCCN4)CC3)c2)n[nH]c(=O)c1C.O=C(O)C(F)(F)F. The van der Waals surface area contributed by atoms with Crippen molar-refractivity contribution < 1.29 is 41.4 Å². The first-order valence-corrected chi connectivity index (χ1v) is 14.8. The fraction of sp³-hybridized carbons (Fsp3) is 0.406. The normalized spacial score (nSPS) is 18.0. The third-order valence-corrected chi connectivity index (χ3v) is 8.43. The predicted molar refractivity (Wildman–Crippen MR) is 160 cm³/mol. The summed E-state index contributed by atoms with van der Waals surface area (Å²) in [5.41, 5.74) is 2.55. The minimum atomic E-state index is -5.08. The molecule has 15 heteroatoms. The molecule has 2 aliphatic heterocycles. The number of piperazine rings is 1. The van der Waals surface area contributed by atoms with Crippen molar-refractivity contribution in [2.45, 2.75) is 51.2 Å². The molecular formula is C32H34F5N5O5. The van der Waals surface area contributed by atoms with Crippen LogP contribution >= 0.6 is 0 Å². The first-order valence-electron chi connectivity index (χ1n) is 14.8. The molecule has 2 saturated heterocycles. The lowest BCUT2D eigenvalue weighted by Crippen LogP contribution is -2.60. The quantitative estimate of drug-likeness (QED) is 0.344. The molecule has 2 aliphatic rings. The highest BCUT2D eigenvalue weighted by atomic mass is 19.4. The fourth-order valence-corrected chi connectivity index (χ4v) is 5.64. The van der Waals surface area contributed by atoms with E-state index in [0.29, 0.717) is 62.3 Å². The highest BCUT2D eigenvalue weighted by Gasteiger charge is 2.44. The molecule has 10 nitrogen and oxygen atoms in total. The summed E-state index contributed by atoms with van der Waals surface area (Å²) in [6.45, 7) is 5.54. The number of carboxylic acids is 1. The summed E-state index contributed by atoms with van der Waals surface area (Å²) in [6, 6.07) is 10.6. The van der Waals surface area contributed by atoms with Gasteiger partial charge >= 0.3 is 12.1 Å². The van der Waals surface area contributed by atoms with Crippen molar-refractivity contribution in [3.8, 4) is 0 Å². The van der Waals surface area contributed by atoms with Crippen molar-refractivity contribution in [2.24, 2.45) is 0 Å². The van der Waals surface area contributed by atoms with Gasteiger partial charge in [0.25, 0.3) is 11.5 Å². The van der Waals surface area contributed by atoms with Crippen LogP contribution in [0.5, 0.6) is 0 Å². The number of nitrogens with zero attached hydrogens (tertiary/aromatic N) is 3. The Bertz CT molecular complexity index is 1680. The number of H-pyrrole nitrogens is 1. The summed E-state index contributed by atoms with van der Waals surface area (Å²) in [6.07, 6.45) is -2.72. The van der Waals surface area contributed by atoms with Crippen molar-refractivity contribution in [3.63, 3.8) is 0 Å². The maximum absolute atomic E-state index is 14.8. The third-order valence-electron chi connectivity index (χ3n) is 8.43. The van der Waals surface area contributed by atoms with Gasteiger partial charge in [0.15, 0.2) is 0 Å². The molecule has 3 N–H and O–H groups in total. The summed E-state index contributed by atoms with van der Waals surface area (Å²) in [5, 5.41) is 17.1. The van der Waals surface area contributed by atoms with E-state index in [1.54, 1.807) is 34.9 Å². The Morgan fingerprint density at radius 3 is 2.11 bits per heavy atom. The molecule has 47 heavy (non-hydrogen) atoms. The first kappa shape index (κ1) is 35.2. The second-order valence-electron chi connectivity index (χ2n) is 11.5. The summed E-state index contributed by atoms with van der Waals surface area (Å²) < 4.78 is 59.9. The van der Waals surface area contributed by atoms with Crippen molar-refractivity contribution in [1.29, 1.82) is 0 Å². The van der Waals surface area contributed by atoms with Gasteiger partial charge in [-0.2, -0.15) is 18.3 Å². The number of rotatable bonds is 6. The van der Waals surface area contributed by atoms with Gasteiger partial charge in [0.05, 0.1) is 11.3 Å². The largest absolute Gasteiger partial charge is 0.490 e. The maximum atomic E-state index is 14.8. The predicted octanol–water partition coefficient (Wildman–Crippen LogP) is 3.54. The molecule has 1 atom stereocenters.